The topological polar surface area (TPSA) is 9.23 Å². The Morgan fingerprint density at radius 2 is 1.67 bits per heavy atom. The van der Waals surface area contributed by atoms with E-state index in [0.29, 0.717) is 0 Å². The standard InChI is InChI=1S/C15H25FOSi/c1-7-14(12-8-10-13(16)11-9-12)17-18(5,6)15(2,3)4/h8-11,14H,7H2,1-6H3. The van der Waals surface area contributed by atoms with Crippen LogP contribution in [0.5, 0.6) is 0 Å². The second kappa shape index (κ2) is 5.53. The van der Waals surface area contributed by atoms with E-state index in [1.807, 2.05) is 12.1 Å². The van der Waals surface area contributed by atoms with Gasteiger partial charge in [0.1, 0.15) is 5.82 Å². The average molecular weight is 268 g/mol. The minimum Gasteiger partial charge on any atom is -0.410 e. The second-order valence-corrected chi connectivity index (χ2v) is 11.1. The normalized spacial score (nSPS) is 14.6. The molecule has 0 radical (unpaired) electrons. The summed E-state index contributed by atoms with van der Waals surface area (Å²) >= 11 is 0. The molecule has 0 aliphatic carbocycles. The average Bonchev–Trinajstić information content (AvgIpc) is 2.25. The van der Waals surface area contributed by atoms with Crippen LogP contribution in [0, 0.1) is 5.82 Å². The van der Waals surface area contributed by atoms with Gasteiger partial charge in [-0.25, -0.2) is 4.39 Å². The van der Waals surface area contributed by atoms with Crippen LogP contribution >= 0.6 is 0 Å². The monoisotopic (exact) mass is 268 g/mol. The number of benzene rings is 1. The van der Waals surface area contributed by atoms with Crippen LogP contribution in [0.25, 0.3) is 0 Å². The van der Waals surface area contributed by atoms with Gasteiger partial charge >= 0.3 is 0 Å². The lowest BCUT2D eigenvalue weighted by Gasteiger charge is -2.39. The van der Waals surface area contributed by atoms with Gasteiger partial charge < -0.3 is 4.43 Å². The molecule has 1 nitrogen and oxygen atoms in total. The van der Waals surface area contributed by atoms with Gasteiger partial charge in [-0.3, -0.25) is 0 Å². The van der Waals surface area contributed by atoms with Crippen LogP contribution in [-0.2, 0) is 4.43 Å². The molecule has 1 rings (SSSR count). The lowest BCUT2D eigenvalue weighted by molar-refractivity contribution is 0.179. The van der Waals surface area contributed by atoms with Gasteiger partial charge in [0.05, 0.1) is 6.10 Å². The van der Waals surface area contributed by atoms with Gasteiger partial charge in [0.15, 0.2) is 8.32 Å². The van der Waals surface area contributed by atoms with Crippen molar-refractivity contribution in [3.05, 3.63) is 35.6 Å². The first-order valence-corrected chi connectivity index (χ1v) is 9.51. The molecule has 0 saturated heterocycles. The first-order chi connectivity index (χ1) is 8.17. The first kappa shape index (κ1) is 15.4. The van der Waals surface area contributed by atoms with Gasteiger partial charge in [0.25, 0.3) is 0 Å². The van der Waals surface area contributed by atoms with Crippen LogP contribution in [0.1, 0.15) is 45.8 Å². The molecule has 1 unspecified atom stereocenters. The summed E-state index contributed by atoms with van der Waals surface area (Å²) in [5, 5.41) is 0.195. The highest BCUT2D eigenvalue weighted by molar-refractivity contribution is 6.74. The molecule has 0 fully saturated rings. The smallest absolute Gasteiger partial charge is 0.192 e. The molecule has 1 aromatic rings. The first-order valence-electron chi connectivity index (χ1n) is 6.60. The zero-order chi connectivity index (χ0) is 14.0. The summed E-state index contributed by atoms with van der Waals surface area (Å²) in [5.41, 5.74) is 1.07. The Balaban J connectivity index is 2.89. The van der Waals surface area contributed by atoms with Crippen molar-refractivity contribution >= 4 is 8.32 Å². The summed E-state index contributed by atoms with van der Waals surface area (Å²) in [6.07, 6.45) is 0.990. The zero-order valence-corrected chi connectivity index (χ0v) is 13.4. The van der Waals surface area contributed by atoms with Crippen molar-refractivity contribution < 1.29 is 8.82 Å². The third-order valence-corrected chi connectivity index (χ3v) is 8.34. The molecule has 3 heteroatoms. The Bertz CT molecular complexity index is 378. The molecule has 102 valence electrons. The van der Waals surface area contributed by atoms with E-state index in [-0.39, 0.29) is 17.0 Å². The van der Waals surface area contributed by atoms with Crippen molar-refractivity contribution in [2.45, 2.75) is 58.4 Å². The molecule has 0 saturated carbocycles. The number of halogens is 1. The molecule has 18 heavy (non-hydrogen) atoms. The summed E-state index contributed by atoms with van der Waals surface area (Å²) in [6.45, 7) is 13.3. The molecule has 0 amide bonds. The molecule has 0 N–H and O–H groups in total. The molecule has 0 heterocycles. The maximum Gasteiger partial charge on any atom is 0.192 e. The molecule has 0 bridgehead atoms. The van der Waals surface area contributed by atoms with Gasteiger partial charge in [-0.2, -0.15) is 0 Å². The predicted octanol–water partition coefficient (Wildman–Crippen LogP) is 5.30. The van der Waals surface area contributed by atoms with Crippen molar-refractivity contribution in [3.63, 3.8) is 0 Å². The highest BCUT2D eigenvalue weighted by Crippen LogP contribution is 2.40. The van der Waals surface area contributed by atoms with E-state index < -0.39 is 8.32 Å². The molecule has 1 atom stereocenters. The van der Waals surface area contributed by atoms with Crippen LogP contribution in [0.15, 0.2) is 24.3 Å². The quantitative estimate of drug-likeness (QED) is 0.673. The minimum absolute atomic E-state index is 0.0755. The molecule has 0 aromatic heterocycles. The fourth-order valence-corrected chi connectivity index (χ4v) is 2.96. The van der Waals surface area contributed by atoms with Crippen molar-refractivity contribution in [2.24, 2.45) is 0 Å². The van der Waals surface area contributed by atoms with Crippen LogP contribution in [0.3, 0.4) is 0 Å². The molecular formula is C15H25FOSi. The van der Waals surface area contributed by atoms with Gasteiger partial charge in [-0.15, -0.1) is 0 Å². The number of hydrogen-bond donors (Lipinski definition) is 0. The van der Waals surface area contributed by atoms with Crippen LogP contribution in [0.4, 0.5) is 4.39 Å². The Morgan fingerprint density at radius 1 is 1.17 bits per heavy atom. The van der Waals surface area contributed by atoms with E-state index in [1.165, 1.54) is 12.1 Å². The van der Waals surface area contributed by atoms with Crippen molar-refractivity contribution in [2.75, 3.05) is 0 Å². The molecule has 0 aliphatic rings. The third-order valence-electron chi connectivity index (χ3n) is 3.86. The largest absolute Gasteiger partial charge is 0.410 e. The maximum absolute atomic E-state index is 12.9. The third kappa shape index (κ3) is 3.66. The summed E-state index contributed by atoms with van der Waals surface area (Å²) in [5.74, 6) is -0.194. The minimum atomic E-state index is -1.78. The van der Waals surface area contributed by atoms with Crippen LogP contribution < -0.4 is 0 Å². The van der Waals surface area contributed by atoms with Crippen molar-refractivity contribution in [1.29, 1.82) is 0 Å². The fourth-order valence-electron chi connectivity index (χ4n) is 1.60. The Kier molecular flexibility index (Phi) is 4.73. The highest BCUT2D eigenvalue weighted by Gasteiger charge is 2.39. The lowest BCUT2D eigenvalue weighted by atomic mass is 10.1. The van der Waals surface area contributed by atoms with E-state index in [4.69, 9.17) is 4.43 Å². The van der Waals surface area contributed by atoms with E-state index in [1.54, 1.807) is 0 Å². The van der Waals surface area contributed by atoms with Crippen molar-refractivity contribution in [3.8, 4) is 0 Å². The van der Waals surface area contributed by atoms with Crippen LogP contribution in [0.2, 0.25) is 18.1 Å². The summed E-state index contributed by atoms with van der Waals surface area (Å²) in [4.78, 5) is 0. The van der Waals surface area contributed by atoms with E-state index >= 15 is 0 Å². The van der Waals surface area contributed by atoms with E-state index in [2.05, 4.69) is 40.8 Å². The summed E-state index contributed by atoms with van der Waals surface area (Å²) in [7, 11) is -1.78. The Labute approximate surface area is 111 Å². The number of rotatable bonds is 4. The second-order valence-electron chi connectivity index (χ2n) is 6.33. The zero-order valence-electron chi connectivity index (χ0n) is 12.4. The molecule has 1 aromatic carbocycles. The summed E-state index contributed by atoms with van der Waals surface area (Å²) < 4.78 is 19.3. The van der Waals surface area contributed by atoms with Crippen LogP contribution in [-0.4, -0.2) is 8.32 Å². The SMILES string of the molecule is CCC(O[Si](C)(C)C(C)(C)C)c1ccc(F)cc1. The molecule has 0 aliphatic heterocycles. The molecular weight excluding hydrogens is 243 g/mol. The Morgan fingerprint density at radius 3 is 2.06 bits per heavy atom. The maximum atomic E-state index is 12.9. The van der Waals surface area contributed by atoms with Gasteiger partial charge in [-0.1, -0.05) is 39.8 Å². The van der Waals surface area contributed by atoms with Gasteiger partial charge in [0.2, 0.25) is 0 Å². The number of hydrogen-bond acceptors (Lipinski definition) is 1. The summed E-state index contributed by atoms with van der Waals surface area (Å²) in [6, 6.07) is 6.67. The predicted molar refractivity (Wildman–Crippen MR) is 77.7 cm³/mol. The lowest BCUT2D eigenvalue weighted by Crippen LogP contribution is -2.41. The highest BCUT2D eigenvalue weighted by atomic mass is 28.4. The van der Waals surface area contributed by atoms with E-state index in [0.717, 1.165) is 12.0 Å². The fraction of sp³-hybridized carbons (Fsp3) is 0.600. The van der Waals surface area contributed by atoms with Crippen molar-refractivity contribution in [1.82, 2.24) is 0 Å². The van der Waals surface area contributed by atoms with Gasteiger partial charge in [-0.05, 0) is 42.2 Å². The van der Waals surface area contributed by atoms with Gasteiger partial charge in [0, 0.05) is 0 Å². The Hall–Kier alpha value is -0.673. The van der Waals surface area contributed by atoms with E-state index in [9.17, 15) is 4.39 Å². The molecule has 0 spiro atoms.